The van der Waals surface area contributed by atoms with Gasteiger partial charge < -0.3 is 9.84 Å². The van der Waals surface area contributed by atoms with Crippen LogP contribution in [0, 0.1) is 0 Å². The number of halogens is 1. The third-order valence-corrected chi connectivity index (χ3v) is 3.17. The van der Waals surface area contributed by atoms with Crippen LogP contribution >= 0.6 is 15.9 Å². The molecule has 0 spiro atoms. The van der Waals surface area contributed by atoms with Gasteiger partial charge in [-0.05, 0) is 29.8 Å². The molecule has 0 aliphatic heterocycles. The number of hydrogen-bond donors (Lipinski definition) is 1. The summed E-state index contributed by atoms with van der Waals surface area (Å²) in [6.07, 6.45) is 0. The van der Waals surface area contributed by atoms with E-state index in [1.807, 2.05) is 12.1 Å². The maximum absolute atomic E-state index is 11.9. The zero-order chi connectivity index (χ0) is 13.7. The lowest BCUT2D eigenvalue weighted by molar-refractivity contribution is 0.0921. The average Bonchev–Trinajstić information content (AvgIpc) is 2.46. The molecule has 0 aliphatic carbocycles. The molecule has 0 bridgehead atoms. The molecule has 0 saturated carbocycles. The van der Waals surface area contributed by atoms with Crippen LogP contribution in [0.2, 0.25) is 0 Å². The molecular weight excluding hydrogens is 308 g/mol. The molecule has 0 unspecified atom stereocenters. The van der Waals surface area contributed by atoms with Gasteiger partial charge in [-0.3, -0.25) is 4.79 Å². The standard InChI is InChI=1S/C15H13BrO3/c16-13-5-3-12(4-6-13)15(18)10-19-14-7-1-11(9-17)2-8-14/h1-8,17H,9-10H2. The second-order valence-corrected chi connectivity index (χ2v) is 4.94. The highest BCUT2D eigenvalue weighted by Gasteiger charge is 2.06. The van der Waals surface area contributed by atoms with Crippen LogP contribution in [-0.4, -0.2) is 17.5 Å². The number of rotatable bonds is 5. The summed E-state index contributed by atoms with van der Waals surface area (Å²) in [4.78, 5) is 11.9. The summed E-state index contributed by atoms with van der Waals surface area (Å²) in [7, 11) is 0. The number of carbonyl (C=O) groups excluding carboxylic acids is 1. The number of aliphatic hydroxyl groups excluding tert-OH is 1. The zero-order valence-electron chi connectivity index (χ0n) is 10.2. The van der Waals surface area contributed by atoms with Gasteiger partial charge >= 0.3 is 0 Å². The van der Waals surface area contributed by atoms with Crippen molar-refractivity contribution in [1.29, 1.82) is 0 Å². The van der Waals surface area contributed by atoms with Crippen molar-refractivity contribution in [2.24, 2.45) is 0 Å². The summed E-state index contributed by atoms with van der Waals surface area (Å²) >= 11 is 3.32. The lowest BCUT2D eigenvalue weighted by Gasteiger charge is -2.06. The largest absolute Gasteiger partial charge is 0.485 e. The molecule has 1 N–H and O–H groups in total. The van der Waals surface area contributed by atoms with E-state index in [9.17, 15) is 4.79 Å². The Morgan fingerprint density at radius 3 is 2.26 bits per heavy atom. The minimum Gasteiger partial charge on any atom is -0.485 e. The van der Waals surface area contributed by atoms with Gasteiger partial charge in [0.25, 0.3) is 0 Å². The monoisotopic (exact) mass is 320 g/mol. The summed E-state index contributed by atoms with van der Waals surface area (Å²) in [6.45, 7) is -0.00178. The first-order valence-corrected chi connectivity index (χ1v) is 6.59. The predicted molar refractivity (Wildman–Crippen MR) is 76.3 cm³/mol. The topological polar surface area (TPSA) is 46.5 Å². The number of carbonyl (C=O) groups is 1. The Balaban J connectivity index is 1.94. The fourth-order valence-corrected chi connectivity index (χ4v) is 1.82. The highest BCUT2D eigenvalue weighted by molar-refractivity contribution is 9.10. The number of ether oxygens (including phenoxy) is 1. The number of ketones is 1. The summed E-state index contributed by atoms with van der Waals surface area (Å²) in [6, 6.07) is 14.2. The van der Waals surface area contributed by atoms with E-state index >= 15 is 0 Å². The minimum atomic E-state index is -0.0706. The Morgan fingerprint density at radius 2 is 1.68 bits per heavy atom. The van der Waals surface area contributed by atoms with Crippen LogP contribution in [0.4, 0.5) is 0 Å². The Bertz CT molecular complexity index is 547. The Morgan fingerprint density at radius 1 is 1.05 bits per heavy atom. The molecule has 0 saturated heterocycles. The Hall–Kier alpha value is -1.65. The highest BCUT2D eigenvalue weighted by Crippen LogP contribution is 2.14. The lowest BCUT2D eigenvalue weighted by atomic mass is 10.1. The summed E-state index contributed by atoms with van der Waals surface area (Å²) in [5, 5.41) is 8.92. The van der Waals surface area contributed by atoms with Crippen LogP contribution in [0.3, 0.4) is 0 Å². The van der Waals surface area contributed by atoms with E-state index in [1.165, 1.54) is 0 Å². The summed E-state index contributed by atoms with van der Waals surface area (Å²) < 4.78 is 6.34. The normalized spacial score (nSPS) is 10.2. The molecule has 0 aromatic heterocycles. The van der Waals surface area contributed by atoms with Crippen LogP contribution in [0.15, 0.2) is 53.0 Å². The molecule has 0 aliphatic rings. The molecule has 19 heavy (non-hydrogen) atoms. The molecule has 98 valence electrons. The van der Waals surface area contributed by atoms with Gasteiger partial charge in [0.2, 0.25) is 0 Å². The van der Waals surface area contributed by atoms with Crippen molar-refractivity contribution in [3.8, 4) is 5.75 Å². The van der Waals surface area contributed by atoms with Crippen LogP contribution in [0.25, 0.3) is 0 Å². The first-order valence-electron chi connectivity index (χ1n) is 5.80. The smallest absolute Gasteiger partial charge is 0.200 e. The van der Waals surface area contributed by atoms with Gasteiger partial charge in [-0.1, -0.05) is 40.2 Å². The molecule has 0 fully saturated rings. The number of aliphatic hydroxyl groups is 1. The molecule has 2 aromatic rings. The van der Waals surface area contributed by atoms with Crippen LogP contribution < -0.4 is 4.74 Å². The third kappa shape index (κ3) is 3.91. The van der Waals surface area contributed by atoms with Crippen molar-refractivity contribution in [3.05, 3.63) is 64.1 Å². The second kappa shape index (κ2) is 6.50. The first-order chi connectivity index (χ1) is 9.19. The van der Waals surface area contributed by atoms with Gasteiger partial charge in [0.05, 0.1) is 6.61 Å². The SMILES string of the molecule is O=C(COc1ccc(CO)cc1)c1ccc(Br)cc1. The van der Waals surface area contributed by atoms with Crippen molar-refractivity contribution >= 4 is 21.7 Å². The van der Waals surface area contributed by atoms with Crippen molar-refractivity contribution in [2.45, 2.75) is 6.61 Å². The van der Waals surface area contributed by atoms with Gasteiger partial charge in [0.15, 0.2) is 12.4 Å². The minimum absolute atomic E-state index is 0.000103. The van der Waals surface area contributed by atoms with Crippen molar-refractivity contribution in [1.82, 2.24) is 0 Å². The summed E-state index contributed by atoms with van der Waals surface area (Å²) in [5.74, 6) is 0.543. The zero-order valence-corrected chi connectivity index (χ0v) is 11.8. The van der Waals surface area contributed by atoms with Gasteiger partial charge in [-0.25, -0.2) is 0 Å². The maximum Gasteiger partial charge on any atom is 0.200 e. The first kappa shape index (κ1) is 13.8. The highest BCUT2D eigenvalue weighted by atomic mass is 79.9. The van der Waals surface area contributed by atoms with Gasteiger partial charge in [0, 0.05) is 10.0 Å². The molecule has 0 atom stereocenters. The third-order valence-electron chi connectivity index (χ3n) is 2.64. The van der Waals surface area contributed by atoms with Gasteiger partial charge in [-0.2, -0.15) is 0 Å². The van der Waals surface area contributed by atoms with Gasteiger partial charge in [-0.15, -0.1) is 0 Å². The Kier molecular flexibility index (Phi) is 4.71. The van der Waals surface area contributed by atoms with Crippen molar-refractivity contribution < 1.29 is 14.6 Å². The molecule has 2 aromatic carbocycles. The average molecular weight is 321 g/mol. The number of hydrogen-bond acceptors (Lipinski definition) is 3. The number of Topliss-reactive ketones (excluding diaryl/α,β-unsaturated/α-hetero) is 1. The van der Waals surface area contributed by atoms with E-state index in [2.05, 4.69) is 15.9 Å². The van der Waals surface area contributed by atoms with Crippen molar-refractivity contribution in [2.75, 3.05) is 6.61 Å². The van der Waals surface area contributed by atoms with E-state index in [4.69, 9.17) is 9.84 Å². The Labute approximate surface area is 120 Å². The fourth-order valence-electron chi connectivity index (χ4n) is 1.56. The van der Waals surface area contributed by atoms with E-state index in [0.717, 1.165) is 10.0 Å². The van der Waals surface area contributed by atoms with E-state index in [1.54, 1.807) is 36.4 Å². The molecule has 2 rings (SSSR count). The molecule has 0 amide bonds. The van der Waals surface area contributed by atoms with Crippen molar-refractivity contribution in [3.63, 3.8) is 0 Å². The quantitative estimate of drug-likeness (QED) is 0.860. The van der Waals surface area contributed by atoms with Crippen LogP contribution in [0.5, 0.6) is 5.75 Å². The van der Waals surface area contributed by atoms with Crippen LogP contribution in [0.1, 0.15) is 15.9 Å². The predicted octanol–water partition coefficient (Wildman–Crippen LogP) is 3.20. The fraction of sp³-hybridized carbons (Fsp3) is 0.133. The lowest BCUT2D eigenvalue weighted by Crippen LogP contribution is -2.11. The van der Waals surface area contributed by atoms with Gasteiger partial charge in [0.1, 0.15) is 5.75 Å². The second-order valence-electron chi connectivity index (χ2n) is 4.02. The molecule has 3 nitrogen and oxygen atoms in total. The summed E-state index contributed by atoms with van der Waals surface area (Å²) in [5.41, 5.74) is 1.43. The number of benzene rings is 2. The maximum atomic E-state index is 11.9. The molecule has 0 radical (unpaired) electrons. The molecule has 0 heterocycles. The van der Waals surface area contributed by atoms with E-state index < -0.39 is 0 Å². The van der Waals surface area contributed by atoms with Crippen LogP contribution in [-0.2, 0) is 6.61 Å². The molecular formula is C15H13BrO3. The molecule has 4 heteroatoms. The van der Waals surface area contributed by atoms with E-state index in [-0.39, 0.29) is 19.0 Å². The van der Waals surface area contributed by atoms with E-state index in [0.29, 0.717) is 11.3 Å².